The Morgan fingerprint density at radius 2 is 1.94 bits per heavy atom. The van der Waals surface area contributed by atoms with E-state index >= 15 is 0 Å². The van der Waals surface area contributed by atoms with Crippen molar-refractivity contribution in [1.29, 1.82) is 0 Å². The number of imidazole rings is 1. The molecule has 1 N–H and O–H groups in total. The van der Waals surface area contributed by atoms with Crippen LogP contribution in [0.15, 0.2) is 54.9 Å². The number of benzene rings is 2. The van der Waals surface area contributed by atoms with Crippen LogP contribution in [0.25, 0.3) is 16.5 Å². The Bertz CT molecular complexity index is 670. The quantitative estimate of drug-likeness (QED) is 0.756. The summed E-state index contributed by atoms with van der Waals surface area (Å²) in [6.07, 6.45) is 3.79. The molecule has 0 radical (unpaired) electrons. The zero-order valence-electron chi connectivity index (χ0n) is 10.3. The lowest BCUT2D eigenvalue weighted by molar-refractivity contribution is 1.02. The van der Waals surface area contributed by atoms with Crippen molar-refractivity contribution in [3.05, 3.63) is 54.9 Å². The molecule has 0 saturated heterocycles. The highest BCUT2D eigenvalue weighted by Crippen LogP contribution is 2.20. The highest BCUT2D eigenvalue weighted by molar-refractivity contribution is 5.84. The molecule has 0 amide bonds. The van der Waals surface area contributed by atoms with E-state index < -0.39 is 0 Å². The first-order chi connectivity index (χ1) is 8.88. The molecular weight excluding hydrogens is 222 g/mol. The van der Waals surface area contributed by atoms with E-state index in [2.05, 4.69) is 64.3 Å². The topological polar surface area (TPSA) is 29.9 Å². The minimum absolute atomic E-state index is 0.866. The van der Waals surface area contributed by atoms with Crippen LogP contribution in [-0.4, -0.2) is 16.1 Å². The largest absolute Gasteiger partial charge is 0.356 e. The SMILES string of the molecule is CCNc1nccn1-c1ccc2ccccc2c1. The van der Waals surface area contributed by atoms with Gasteiger partial charge < -0.3 is 5.32 Å². The Labute approximate surface area is 106 Å². The number of rotatable bonds is 3. The minimum atomic E-state index is 0.866. The highest BCUT2D eigenvalue weighted by atomic mass is 15.2. The smallest absolute Gasteiger partial charge is 0.207 e. The third-order valence-electron chi connectivity index (χ3n) is 2.99. The molecule has 0 atom stereocenters. The first-order valence-electron chi connectivity index (χ1n) is 6.15. The van der Waals surface area contributed by atoms with Crippen LogP contribution in [0.1, 0.15) is 6.92 Å². The second kappa shape index (κ2) is 4.53. The highest BCUT2D eigenvalue weighted by Gasteiger charge is 2.04. The van der Waals surface area contributed by atoms with Gasteiger partial charge in [0, 0.05) is 24.6 Å². The molecule has 0 aliphatic carbocycles. The van der Waals surface area contributed by atoms with Gasteiger partial charge >= 0.3 is 0 Å². The molecule has 0 aliphatic rings. The van der Waals surface area contributed by atoms with Crippen LogP contribution in [0.4, 0.5) is 5.95 Å². The summed E-state index contributed by atoms with van der Waals surface area (Å²) in [6.45, 7) is 2.93. The zero-order valence-corrected chi connectivity index (χ0v) is 10.3. The number of nitrogens with one attached hydrogen (secondary N) is 1. The molecule has 0 fully saturated rings. The van der Waals surface area contributed by atoms with Gasteiger partial charge in [0.1, 0.15) is 0 Å². The fourth-order valence-electron chi connectivity index (χ4n) is 2.13. The van der Waals surface area contributed by atoms with Gasteiger partial charge in [-0.05, 0) is 29.8 Å². The fraction of sp³-hybridized carbons (Fsp3) is 0.133. The third-order valence-corrected chi connectivity index (χ3v) is 2.99. The Morgan fingerprint density at radius 3 is 2.78 bits per heavy atom. The van der Waals surface area contributed by atoms with Crippen molar-refractivity contribution in [3.63, 3.8) is 0 Å². The lowest BCUT2D eigenvalue weighted by Gasteiger charge is -2.09. The Kier molecular flexibility index (Phi) is 2.73. The molecule has 2 aromatic carbocycles. The molecule has 18 heavy (non-hydrogen) atoms. The molecule has 0 saturated carbocycles. The summed E-state index contributed by atoms with van der Waals surface area (Å²) in [4.78, 5) is 4.31. The van der Waals surface area contributed by atoms with Gasteiger partial charge in [0.25, 0.3) is 0 Å². The predicted octanol–water partition coefficient (Wildman–Crippen LogP) is 3.46. The summed E-state index contributed by atoms with van der Waals surface area (Å²) < 4.78 is 2.07. The zero-order chi connectivity index (χ0) is 12.4. The molecule has 0 unspecified atom stereocenters. The summed E-state index contributed by atoms with van der Waals surface area (Å²) in [5.41, 5.74) is 1.13. The summed E-state index contributed by atoms with van der Waals surface area (Å²) in [5, 5.41) is 5.75. The first kappa shape index (κ1) is 10.8. The summed E-state index contributed by atoms with van der Waals surface area (Å²) in [6, 6.07) is 14.8. The maximum atomic E-state index is 4.31. The third kappa shape index (κ3) is 1.84. The monoisotopic (exact) mass is 237 g/mol. The van der Waals surface area contributed by atoms with Crippen molar-refractivity contribution < 1.29 is 0 Å². The van der Waals surface area contributed by atoms with E-state index in [1.807, 2.05) is 12.4 Å². The molecule has 3 rings (SSSR count). The van der Waals surface area contributed by atoms with Crippen LogP contribution in [0.3, 0.4) is 0 Å². The van der Waals surface area contributed by atoms with E-state index in [0.717, 1.165) is 18.2 Å². The van der Waals surface area contributed by atoms with Crippen molar-refractivity contribution >= 4 is 16.7 Å². The van der Waals surface area contributed by atoms with Gasteiger partial charge in [-0.25, -0.2) is 4.98 Å². The fourth-order valence-corrected chi connectivity index (χ4v) is 2.13. The van der Waals surface area contributed by atoms with Crippen molar-refractivity contribution in [1.82, 2.24) is 9.55 Å². The van der Waals surface area contributed by atoms with E-state index in [9.17, 15) is 0 Å². The predicted molar refractivity (Wildman–Crippen MR) is 75.2 cm³/mol. The molecule has 1 aromatic heterocycles. The normalized spacial score (nSPS) is 10.7. The molecule has 0 bridgehead atoms. The number of aromatic nitrogens is 2. The number of hydrogen-bond donors (Lipinski definition) is 1. The van der Waals surface area contributed by atoms with Gasteiger partial charge in [0.15, 0.2) is 0 Å². The molecule has 90 valence electrons. The average Bonchev–Trinajstić information content (AvgIpc) is 2.87. The van der Waals surface area contributed by atoms with Gasteiger partial charge in [0.2, 0.25) is 5.95 Å². The molecule has 0 aliphatic heterocycles. The summed E-state index contributed by atoms with van der Waals surface area (Å²) in [5.74, 6) is 0.882. The van der Waals surface area contributed by atoms with Crippen LogP contribution in [-0.2, 0) is 0 Å². The Hall–Kier alpha value is -2.29. The maximum absolute atomic E-state index is 4.31. The molecule has 3 aromatic rings. The second-order valence-corrected chi connectivity index (χ2v) is 4.18. The minimum Gasteiger partial charge on any atom is -0.356 e. The molecule has 1 heterocycles. The van der Waals surface area contributed by atoms with Gasteiger partial charge in [-0.15, -0.1) is 0 Å². The average molecular weight is 237 g/mol. The number of hydrogen-bond acceptors (Lipinski definition) is 2. The van der Waals surface area contributed by atoms with Gasteiger partial charge in [-0.3, -0.25) is 4.57 Å². The van der Waals surface area contributed by atoms with Gasteiger partial charge in [-0.2, -0.15) is 0 Å². The molecule has 0 spiro atoms. The number of anilines is 1. The molecule has 3 heteroatoms. The van der Waals surface area contributed by atoms with E-state index in [0.29, 0.717) is 0 Å². The van der Waals surface area contributed by atoms with E-state index in [4.69, 9.17) is 0 Å². The van der Waals surface area contributed by atoms with Gasteiger partial charge in [-0.1, -0.05) is 30.3 Å². The van der Waals surface area contributed by atoms with Crippen LogP contribution >= 0.6 is 0 Å². The van der Waals surface area contributed by atoms with E-state index in [1.165, 1.54) is 10.8 Å². The molecular formula is C15H15N3. The maximum Gasteiger partial charge on any atom is 0.207 e. The Balaban J connectivity index is 2.10. The van der Waals surface area contributed by atoms with Crippen LogP contribution in [0.2, 0.25) is 0 Å². The van der Waals surface area contributed by atoms with Crippen molar-refractivity contribution in [2.24, 2.45) is 0 Å². The van der Waals surface area contributed by atoms with E-state index in [1.54, 1.807) is 0 Å². The van der Waals surface area contributed by atoms with Crippen LogP contribution in [0.5, 0.6) is 0 Å². The number of fused-ring (bicyclic) bond motifs is 1. The van der Waals surface area contributed by atoms with Crippen molar-refractivity contribution in [2.45, 2.75) is 6.92 Å². The van der Waals surface area contributed by atoms with Crippen LogP contribution < -0.4 is 5.32 Å². The van der Waals surface area contributed by atoms with Crippen molar-refractivity contribution in [2.75, 3.05) is 11.9 Å². The van der Waals surface area contributed by atoms with Crippen molar-refractivity contribution in [3.8, 4) is 5.69 Å². The second-order valence-electron chi connectivity index (χ2n) is 4.18. The van der Waals surface area contributed by atoms with Gasteiger partial charge in [0.05, 0.1) is 0 Å². The summed E-state index contributed by atoms with van der Waals surface area (Å²) in [7, 11) is 0. The summed E-state index contributed by atoms with van der Waals surface area (Å²) >= 11 is 0. The lowest BCUT2D eigenvalue weighted by Crippen LogP contribution is -2.04. The molecule has 3 nitrogen and oxygen atoms in total. The van der Waals surface area contributed by atoms with E-state index in [-0.39, 0.29) is 0 Å². The lowest BCUT2D eigenvalue weighted by atomic mass is 10.1. The Morgan fingerprint density at radius 1 is 1.11 bits per heavy atom. The standard InChI is InChI=1S/C15H15N3/c1-2-16-15-17-9-10-18(15)14-8-7-12-5-3-4-6-13(12)11-14/h3-11H,2H2,1H3,(H,16,17). The number of nitrogens with zero attached hydrogens (tertiary/aromatic N) is 2. The first-order valence-corrected chi connectivity index (χ1v) is 6.15. The van der Waals surface area contributed by atoms with Crippen LogP contribution in [0, 0.1) is 0 Å².